The van der Waals surface area contributed by atoms with Crippen LogP contribution in [0, 0.1) is 0 Å². The lowest BCUT2D eigenvalue weighted by atomic mass is 9.81. The van der Waals surface area contributed by atoms with Crippen molar-refractivity contribution < 1.29 is 14.2 Å². The van der Waals surface area contributed by atoms with E-state index in [1.54, 1.807) is 0 Å². The molecule has 0 radical (unpaired) electrons. The molecule has 0 saturated heterocycles. The predicted octanol–water partition coefficient (Wildman–Crippen LogP) is 17.0. The third-order valence-corrected chi connectivity index (χ3v) is 13.1. The van der Waals surface area contributed by atoms with Gasteiger partial charge in [0.1, 0.15) is 0 Å². The standard InChI is InChI=1S/C59H85N2O2/c1-7-9-11-13-15-17-19-21-23-25-27-29-31-33-35-48-56(62)60-52-44-39-37-42-50(52)58(3,4)54(60)46-41-47-55-59(5,6)51-43-38-40-45-53(51)61(55)57(63)49-36-34-32-30-28-26-24-22-20-18-16-14-12-10-8-2/h15-18,21-24,37-47H,7-14,19-20,25-36,48-49H2,1-6H3/q+1/b17-15-,18-16-,23-21-,24-22-. The van der Waals surface area contributed by atoms with Crippen LogP contribution in [0.5, 0.6) is 0 Å². The van der Waals surface area contributed by atoms with Gasteiger partial charge in [-0.05, 0) is 109 Å². The predicted molar refractivity (Wildman–Crippen MR) is 272 cm³/mol. The Kier molecular flexibility index (Phi) is 23.2. The van der Waals surface area contributed by atoms with Crippen LogP contribution in [-0.2, 0) is 20.4 Å². The molecule has 0 aliphatic carbocycles. The van der Waals surface area contributed by atoms with Crippen molar-refractivity contribution in [1.82, 2.24) is 0 Å². The Morgan fingerprint density at radius 2 is 1.02 bits per heavy atom. The molecule has 342 valence electrons. The zero-order valence-corrected chi connectivity index (χ0v) is 40.7. The first-order valence-electron chi connectivity index (χ1n) is 25.4. The van der Waals surface area contributed by atoms with Gasteiger partial charge in [-0.2, -0.15) is 0 Å². The van der Waals surface area contributed by atoms with E-state index in [0.717, 1.165) is 87.0 Å². The molecule has 2 heterocycles. The van der Waals surface area contributed by atoms with E-state index in [2.05, 4.69) is 145 Å². The number of rotatable bonds is 30. The number of para-hydroxylation sites is 2. The molecule has 0 saturated carbocycles. The number of carbonyl (C=O) groups excluding carboxylic acids is 2. The molecule has 0 unspecified atom stereocenters. The van der Waals surface area contributed by atoms with Gasteiger partial charge in [-0.15, -0.1) is 4.58 Å². The van der Waals surface area contributed by atoms with E-state index in [0.29, 0.717) is 12.8 Å². The summed E-state index contributed by atoms with van der Waals surface area (Å²) in [6.07, 6.45) is 51.5. The average Bonchev–Trinajstić information content (AvgIpc) is 3.65. The monoisotopic (exact) mass is 854 g/mol. The minimum absolute atomic E-state index is 0.161. The number of unbranched alkanes of at least 4 members (excludes halogenated alkanes) is 16. The highest BCUT2D eigenvalue weighted by Gasteiger charge is 2.47. The number of carbonyl (C=O) groups is 2. The van der Waals surface area contributed by atoms with Gasteiger partial charge in [-0.1, -0.05) is 183 Å². The molecule has 4 rings (SSSR count). The SMILES string of the molecule is CCCCC/C=C\C/C=C\CCCCCCCC(=O)N1/C(=C\C=C/C2=[N+](C(=O)CCCCCCC/C=C\C/C=C\CCCCC)c3ccccc3C2(C)C)C(C)(C)c2ccccc21. The Morgan fingerprint density at radius 3 is 1.59 bits per heavy atom. The Morgan fingerprint density at radius 1 is 0.540 bits per heavy atom. The molecule has 2 aromatic rings. The first-order chi connectivity index (χ1) is 30.7. The Balaban J connectivity index is 1.33. The van der Waals surface area contributed by atoms with Crippen molar-refractivity contribution in [1.29, 1.82) is 0 Å². The molecular weight excluding hydrogens is 769 g/mol. The summed E-state index contributed by atoms with van der Waals surface area (Å²) in [5.74, 6) is 0.322. The fraction of sp³-hybridized carbons (Fsp3) is 0.542. The topological polar surface area (TPSA) is 40.4 Å². The first kappa shape index (κ1) is 51.3. The van der Waals surface area contributed by atoms with E-state index in [4.69, 9.17) is 0 Å². The van der Waals surface area contributed by atoms with E-state index in [1.165, 1.54) is 88.2 Å². The third kappa shape index (κ3) is 16.0. The van der Waals surface area contributed by atoms with Gasteiger partial charge >= 0.3 is 5.91 Å². The van der Waals surface area contributed by atoms with Gasteiger partial charge in [0.15, 0.2) is 0 Å². The van der Waals surface area contributed by atoms with Crippen LogP contribution in [0.15, 0.2) is 121 Å². The maximum Gasteiger partial charge on any atom is 0.392 e. The van der Waals surface area contributed by atoms with E-state index >= 15 is 0 Å². The summed E-state index contributed by atoms with van der Waals surface area (Å²) in [6.45, 7) is 13.4. The summed E-state index contributed by atoms with van der Waals surface area (Å²) in [4.78, 5) is 30.2. The van der Waals surface area contributed by atoms with Crippen molar-refractivity contribution in [2.45, 2.75) is 206 Å². The molecule has 2 aliphatic rings. The van der Waals surface area contributed by atoms with Crippen molar-refractivity contribution in [2.75, 3.05) is 4.90 Å². The zero-order chi connectivity index (χ0) is 45.2. The van der Waals surface area contributed by atoms with Crippen molar-refractivity contribution >= 4 is 28.9 Å². The minimum atomic E-state index is -0.343. The van der Waals surface area contributed by atoms with Crippen molar-refractivity contribution in [3.8, 4) is 0 Å². The molecule has 2 amide bonds. The first-order valence-corrected chi connectivity index (χ1v) is 25.4. The van der Waals surface area contributed by atoms with Crippen LogP contribution in [-0.4, -0.2) is 22.1 Å². The molecule has 0 spiro atoms. The molecule has 0 N–H and O–H groups in total. The summed E-state index contributed by atoms with van der Waals surface area (Å²) >= 11 is 0. The number of hydrogen-bond donors (Lipinski definition) is 0. The van der Waals surface area contributed by atoms with E-state index in [1.807, 2.05) is 21.6 Å². The van der Waals surface area contributed by atoms with Crippen LogP contribution >= 0.6 is 0 Å². The largest absolute Gasteiger partial charge is 0.392 e. The quantitative estimate of drug-likeness (QED) is 0.0446. The molecule has 4 heteroatoms. The number of fused-ring (bicyclic) bond motifs is 2. The Hall–Kier alpha value is -4.31. The highest BCUT2D eigenvalue weighted by molar-refractivity contribution is 6.06. The van der Waals surface area contributed by atoms with E-state index in [9.17, 15) is 9.59 Å². The van der Waals surface area contributed by atoms with Crippen LogP contribution in [0.25, 0.3) is 0 Å². The summed E-state index contributed by atoms with van der Waals surface area (Å²) in [5, 5.41) is 0. The van der Waals surface area contributed by atoms with Gasteiger partial charge in [-0.3, -0.25) is 9.69 Å². The smallest absolute Gasteiger partial charge is 0.284 e. The molecule has 4 nitrogen and oxygen atoms in total. The molecule has 63 heavy (non-hydrogen) atoms. The number of amides is 2. The molecular formula is C59H85N2O2+. The lowest BCUT2D eigenvalue weighted by molar-refractivity contribution is -0.365. The van der Waals surface area contributed by atoms with E-state index in [-0.39, 0.29) is 22.6 Å². The molecule has 0 aromatic heterocycles. The number of nitrogens with zero attached hydrogens (tertiary/aromatic N) is 2. The second kappa shape index (κ2) is 28.5. The third-order valence-electron chi connectivity index (χ3n) is 13.1. The summed E-state index contributed by atoms with van der Waals surface area (Å²) in [6, 6.07) is 16.7. The van der Waals surface area contributed by atoms with Gasteiger partial charge in [0.05, 0.1) is 17.5 Å². The maximum atomic E-state index is 14.1. The van der Waals surface area contributed by atoms with Gasteiger partial charge in [-0.25, -0.2) is 4.79 Å². The minimum Gasteiger partial charge on any atom is -0.284 e. The van der Waals surface area contributed by atoms with Gasteiger partial charge in [0.25, 0.3) is 0 Å². The summed E-state index contributed by atoms with van der Waals surface area (Å²) < 4.78 is 1.98. The molecule has 0 bridgehead atoms. The molecule has 0 fully saturated rings. The van der Waals surface area contributed by atoms with Crippen molar-refractivity contribution in [2.24, 2.45) is 0 Å². The van der Waals surface area contributed by atoms with Crippen LogP contribution in [0.3, 0.4) is 0 Å². The summed E-state index contributed by atoms with van der Waals surface area (Å²) in [5.41, 5.74) is 5.63. The van der Waals surface area contributed by atoms with Crippen LogP contribution in [0.4, 0.5) is 11.4 Å². The Labute approximate surface area is 385 Å². The van der Waals surface area contributed by atoms with Crippen LogP contribution < -0.4 is 4.90 Å². The molecule has 2 aliphatic heterocycles. The number of benzene rings is 2. The van der Waals surface area contributed by atoms with Crippen molar-refractivity contribution in [3.05, 3.63) is 132 Å². The average molecular weight is 854 g/mol. The lowest BCUT2D eigenvalue weighted by Crippen LogP contribution is -2.32. The Bertz CT molecular complexity index is 1910. The lowest BCUT2D eigenvalue weighted by Gasteiger charge is -2.25. The second-order valence-corrected chi connectivity index (χ2v) is 19.0. The van der Waals surface area contributed by atoms with E-state index < -0.39 is 0 Å². The van der Waals surface area contributed by atoms with Gasteiger partial charge in [0.2, 0.25) is 17.3 Å². The summed E-state index contributed by atoms with van der Waals surface area (Å²) in [7, 11) is 0. The number of anilines is 1. The van der Waals surface area contributed by atoms with Gasteiger partial charge in [0, 0.05) is 35.2 Å². The normalized spacial score (nSPS) is 16.3. The highest BCUT2D eigenvalue weighted by Crippen LogP contribution is 2.48. The molecule has 0 atom stereocenters. The zero-order valence-electron chi connectivity index (χ0n) is 40.7. The molecule has 2 aromatic carbocycles. The fourth-order valence-electron chi connectivity index (χ4n) is 9.22. The van der Waals surface area contributed by atoms with Gasteiger partial charge < -0.3 is 0 Å². The maximum absolute atomic E-state index is 14.1. The van der Waals surface area contributed by atoms with Crippen molar-refractivity contribution in [3.63, 3.8) is 0 Å². The van der Waals surface area contributed by atoms with Crippen LogP contribution in [0.1, 0.15) is 207 Å². The number of hydrogen-bond acceptors (Lipinski definition) is 2. The fourth-order valence-corrected chi connectivity index (χ4v) is 9.22. The highest BCUT2D eigenvalue weighted by atomic mass is 16.2. The second-order valence-electron chi connectivity index (χ2n) is 19.0. The van der Waals surface area contributed by atoms with Crippen LogP contribution in [0.2, 0.25) is 0 Å². The number of allylic oxidation sites excluding steroid dienone is 12.